The number of nitrogens with one attached hydrogen (secondary N) is 1. The van der Waals surface area contributed by atoms with Crippen molar-refractivity contribution in [1.29, 1.82) is 0 Å². The first-order valence-electron chi connectivity index (χ1n) is 17.5. The van der Waals surface area contributed by atoms with Crippen LogP contribution in [0.3, 0.4) is 0 Å². The molecule has 246 valence electrons. The maximum atomic E-state index is 14.3. The second-order valence-electron chi connectivity index (χ2n) is 14.2. The number of rotatable bonds is 9. The number of piperidine rings is 1. The third-order valence-corrected chi connectivity index (χ3v) is 11.8. The first-order valence-corrected chi connectivity index (χ1v) is 17.9. The Hall–Kier alpha value is -2.49. The quantitative estimate of drug-likeness (QED) is 0.425. The molecule has 3 heterocycles. The van der Waals surface area contributed by atoms with Crippen molar-refractivity contribution >= 4 is 23.4 Å². The number of likely N-dealkylation sites (tertiary alicyclic amines) is 1. The smallest absolute Gasteiger partial charge is 0.240 e. The monoisotopic (exact) mass is 637 g/mol. The van der Waals surface area contributed by atoms with Crippen LogP contribution in [-0.4, -0.2) is 98.7 Å². The molecule has 2 amide bonds. The van der Waals surface area contributed by atoms with E-state index in [0.717, 1.165) is 94.9 Å². The second kappa shape index (κ2) is 14.9. The first-order chi connectivity index (χ1) is 21.9. The molecule has 4 fully saturated rings. The van der Waals surface area contributed by atoms with Crippen molar-refractivity contribution in [3.05, 3.63) is 47.5 Å². The number of carbonyl (C=O) groups is 2. The van der Waals surface area contributed by atoms with Gasteiger partial charge in [0.25, 0.3) is 0 Å². The van der Waals surface area contributed by atoms with Crippen molar-refractivity contribution < 1.29 is 9.59 Å². The Morgan fingerprint density at radius 1 is 0.911 bits per heavy atom. The maximum Gasteiger partial charge on any atom is 0.240 e. The molecule has 2 aromatic rings. The van der Waals surface area contributed by atoms with E-state index in [1.165, 1.54) is 32.1 Å². The molecule has 1 aromatic carbocycles. The molecule has 2 saturated heterocycles. The number of hydrogen-bond donors (Lipinski definition) is 1. The van der Waals surface area contributed by atoms with Crippen LogP contribution in [0.5, 0.6) is 0 Å². The fraction of sp³-hybridized carbons (Fsp3) is 0.714. The van der Waals surface area contributed by atoms with Crippen molar-refractivity contribution in [1.82, 2.24) is 34.8 Å². The molecule has 0 unspecified atom stereocenters. The van der Waals surface area contributed by atoms with Crippen LogP contribution in [0.25, 0.3) is 0 Å². The third-order valence-electron chi connectivity index (χ3n) is 11.5. The summed E-state index contributed by atoms with van der Waals surface area (Å²) < 4.78 is 2.02. The molecule has 0 spiro atoms. The molecule has 2 aliphatic carbocycles. The van der Waals surface area contributed by atoms with Gasteiger partial charge < -0.3 is 15.1 Å². The maximum absolute atomic E-state index is 14.3. The highest BCUT2D eigenvalue weighted by molar-refractivity contribution is 6.30. The molecular formula is C35H52ClN7O2. The van der Waals surface area contributed by atoms with Crippen molar-refractivity contribution in [3.8, 4) is 0 Å². The highest BCUT2D eigenvalue weighted by atomic mass is 35.5. The summed E-state index contributed by atoms with van der Waals surface area (Å²) in [6.07, 6.45) is 17.2. The molecule has 1 atom stereocenters. The van der Waals surface area contributed by atoms with E-state index >= 15 is 0 Å². The number of nitrogens with zero attached hydrogens (tertiary/aromatic N) is 6. The average Bonchev–Trinajstić information content (AvgIpc) is 3.59. The molecule has 2 aliphatic heterocycles. The number of carbonyl (C=O) groups excluding carboxylic acids is 2. The van der Waals surface area contributed by atoms with E-state index in [2.05, 4.69) is 37.3 Å². The average molecular weight is 638 g/mol. The van der Waals surface area contributed by atoms with E-state index in [9.17, 15) is 9.59 Å². The molecule has 10 heteroatoms. The summed E-state index contributed by atoms with van der Waals surface area (Å²) in [5.41, 5.74) is 1.32. The van der Waals surface area contributed by atoms with E-state index in [0.29, 0.717) is 24.4 Å². The van der Waals surface area contributed by atoms with E-state index in [-0.39, 0.29) is 23.3 Å². The van der Waals surface area contributed by atoms with E-state index < -0.39 is 0 Å². The Labute approximate surface area is 274 Å². The Bertz CT molecular complexity index is 1230. The van der Waals surface area contributed by atoms with Gasteiger partial charge in [-0.2, -0.15) is 5.10 Å². The summed E-state index contributed by atoms with van der Waals surface area (Å²) in [6, 6.07) is 8.64. The van der Waals surface area contributed by atoms with Gasteiger partial charge >= 0.3 is 0 Å². The topological polar surface area (TPSA) is 86.6 Å². The normalized spacial score (nSPS) is 25.6. The zero-order valence-corrected chi connectivity index (χ0v) is 27.8. The van der Waals surface area contributed by atoms with Gasteiger partial charge in [0.1, 0.15) is 12.7 Å². The number of piperazine rings is 1. The van der Waals surface area contributed by atoms with Crippen LogP contribution in [0.15, 0.2) is 36.9 Å². The standard InChI is InChI=1S/C35H52ClN7O2/c1-27(44)40-19-21-41(22-20-40)32-13-11-31(12-14-32)39-33(23-28-7-9-30(36)10-8-28)34(45)42-17-15-35(16-18-42,24-43-26-37-25-38-43)29-5-3-2-4-6-29/h7-10,25-26,29,31-33,39H,2-6,11-24H2,1H3/t31-,32+,33-/m1/s1. The van der Waals surface area contributed by atoms with Gasteiger partial charge in [-0.3, -0.25) is 19.2 Å². The molecule has 9 nitrogen and oxygen atoms in total. The minimum atomic E-state index is -0.246. The van der Waals surface area contributed by atoms with Crippen molar-refractivity contribution in [3.63, 3.8) is 0 Å². The minimum absolute atomic E-state index is 0.179. The first kappa shape index (κ1) is 32.5. The lowest BCUT2D eigenvalue weighted by Crippen LogP contribution is -2.56. The molecule has 0 bridgehead atoms. The van der Waals surface area contributed by atoms with E-state index in [1.807, 2.05) is 28.0 Å². The van der Waals surface area contributed by atoms with Gasteiger partial charge in [-0.15, -0.1) is 0 Å². The zero-order valence-electron chi connectivity index (χ0n) is 27.1. The molecule has 1 aromatic heterocycles. The van der Waals surface area contributed by atoms with Crippen LogP contribution in [-0.2, 0) is 22.6 Å². The molecule has 4 aliphatic rings. The van der Waals surface area contributed by atoms with Crippen LogP contribution < -0.4 is 5.32 Å². The summed E-state index contributed by atoms with van der Waals surface area (Å²) in [7, 11) is 0. The summed E-state index contributed by atoms with van der Waals surface area (Å²) in [5.74, 6) is 1.12. The fourth-order valence-electron chi connectivity index (χ4n) is 8.81. The Morgan fingerprint density at radius 3 is 2.22 bits per heavy atom. The molecule has 2 saturated carbocycles. The zero-order chi connectivity index (χ0) is 31.2. The van der Waals surface area contributed by atoms with Gasteiger partial charge in [0.05, 0.1) is 6.04 Å². The van der Waals surface area contributed by atoms with Crippen LogP contribution >= 0.6 is 11.6 Å². The molecule has 45 heavy (non-hydrogen) atoms. The lowest BCUT2D eigenvalue weighted by Gasteiger charge is -2.48. The SMILES string of the molecule is CC(=O)N1CCN([C@H]2CC[C@@H](N[C@H](Cc3ccc(Cl)cc3)C(=O)N3CCC(Cn4cncn4)(C4CCCCC4)CC3)CC2)CC1. The Balaban J connectivity index is 1.09. The minimum Gasteiger partial charge on any atom is -0.341 e. The summed E-state index contributed by atoms with van der Waals surface area (Å²) in [4.78, 5) is 37.0. The van der Waals surface area contributed by atoms with E-state index in [1.54, 1.807) is 13.3 Å². The molecule has 1 N–H and O–H groups in total. The summed E-state index contributed by atoms with van der Waals surface area (Å²) >= 11 is 6.21. The Kier molecular flexibility index (Phi) is 10.8. The third kappa shape index (κ3) is 8.09. The van der Waals surface area contributed by atoms with Crippen LogP contribution in [0.2, 0.25) is 5.02 Å². The van der Waals surface area contributed by atoms with Crippen LogP contribution in [0.4, 0.5) is 0 Å². The highest BCUT2D eigenvalue weighted by Gasteiger charge is 2.44. The van der Waals surface area contributed by atoms with Crippen molar-refractivity contribution in [2.75, 3.05) is 39.3 Å². The number of aromatic nitrogens is 3. The van der Waals surface area contributed by atoms with Crippen molar-refractivity contribution in [2.24, 2.45) is 11.3 Å². The van der Waals surface area contributed by atoms with Gasteiger partial charge in [-0.05, 0) is 86.8 Å². The molecule has 6 rings (SSSR count). The predicted molar refractivity (Wildman–Crippen MR) is 177 cm³/mol. The van der Waals surface area contributed by atoms with Gasteiger partial charge in [-0.1, -0.05) is 43.0 Å². The Morgan fingerprint density at radius 2 is 1.60 bits per heavy atom. The summed E-state index contributed by atoms with van der Waals surface area (Å²) in [6.45, 7) is 7.79. The van der Waals surface area contributed by atoms with Crippen LogP contribution in [0.1, 0.15) is 83.1 Å². The molecule has 0 radical (unpaired) electrons. The lowest BCUT2D eigenvalue weighted by atomic mass is 9.63. The van der Waals surface area contributed by atoms with Crippen LogP contribution in [0, 0.1) is 11.3 Å². The highest BCUT2D eigenvalue weighted by Crippen LogP contribution is 2.47. The molecular weight excluding hydrogens is 586 g/mol. The predicted octanol–water partition coefficient (Wildman–Crippen LogP) is 4.80. The lowest BCUT2D eigenvalue weighted by molar-refractivity contribution is -0.137. The van der Waals surface area contributed by atoms with E-state index in [4.69, 9.17) is 11.6 Å². The largest absolute Gasteiger partial charge is 0.341 e. The van der Waals surface area contributed by atoms with Gasteiger partial charge in [0.15, 0.2) is 0 Å². The van der Waals surface area contributed by atoms with Crippen molar-refractivity contribution in [2.45, 2.75) is 109 Å². The number of amides is 2. The number of halogens is 1. The number of benzene rings is 1. The fourth-order valence-corrected chi connectivity index (χ4v) is 8.93. The summed E-state index contributed by atoms with van der Waals surface area (Å²) in [5, 5.41) is 9.07. The van der Waals surface area contributed by atoms with Gasteiger partial charge in [-0.25, -0.2) is 4.98 Å². The number of hydrogen-bond acceptors (Lipinski definition) is 6. The van der Waals surface area contributed by atoms with Gasteiger partial charge in [0, 0.05) is 69.8 Å². The second-order valence-corrected chi connectivity index (χ2v) is 14.6. The van der Waals surface area contributed by atoms with Gasteiger partial charge in [0.2, 0.25) is 11.8 Å².